The summed E-state index contributed by atoms with van der Waals surface area (Å²) in [4.78, 5) is 25.6. The molecule has 0 bridgehead atoms. The van der Waals surface area contributed by atoms with Gasteiger partial charge in [0, 0.05) is 11.3 Å². The van der Waals surface area contributed by atoms with Crippen molar-refractivity contribution in [1.29, 1.82) is 0 Å². The van der Waals surface area contributed by atoms with Crippen LogP contribution in [0.1, 0.15) is 32.4 Å². The molecule has 142 valence electrons. The van der Waals surface area contributed by atoms with E-state index in [4.69, 9.17) is 0 Å². The fourth-order valence-corrected chi connectivity index (χ4v) is 4.29. The van der Waals surface area contributed by atoms with Crippen LogP contribution in [0.25, 0.3) is 0 Å². The quantitative estimate of drug-likeness (QED) is 0.803. The third-order valence-electron chi connectivity index (χ3n) is 4.33. The third kappa shape index (κ3) is 3.95. The van der Waals surface area contributed by atoms with Gasteiger partial charge in [0.1, 0.15) is 5.37 Å². The van der Waals surface area contributed by atoms with Crippen LogP contribution in [0.2, 0.25) is 0 Å². The molecule has 0 aromatic heterocycles. The average molecular weight is 394 g/mol. The second-order valence-corrected chi connectivity index (χ2v) is 7.33. The molecular weight excluding hydrogens is 379 g/mol. The minimum Gasteiger partial charge on any atom is -0.548 e. The highest BCUT2D eigenvalue weighted by atomic mass is 32.2. The second kappa shape index (κ2) is 7.26. The molecule has 0 unspecified atom stereocenters. The number of carbonyl (C=O) groups is 2. The van der Waals surface area contributed by atoms with Crippen molar-refractivity contribution in [3.63, 3.8) is 0 Å². The third-order valence-corrected chi connectivity index (χ3v) is 5.65. The zero-order valence-corrected chi connectivity index (χ0v) is 15.0. The first-order valence-corrected chi connectivity index (χ1v) is 9.12. The maximum Gasteiger partial charge on any atom is 0.416 e. The molecule has 27 heavy (non-hydrogen) atoms. The molecule has 0 saturated carbocycles. The summed E-state index contributed by atoms with van der Waals surface area (Å²) in [7, 11) is 0. The molecule has 2 aromatic carbocycles. The van der Waals surface area contributed by atoms with Crippen molar-refractivity contribution in [2.24, 2.45) is 0 Å². The number of benzene rings is 2. The zero-order chi connectivity index (χ0) is 19.8. The molecular formula is C19H15F3NO3S-. The van der Waals surface area contributed by atoms with Crippen LogP contribution in [-0.4, -0.2) is 28.6 Å². The Hall–Kier alpha value is -2.48. The lowest BCUT2D eigenvalue weighted by atomic mass is 10.1. The van der Waals surface area contributed by atoms with Crippen LogP contribution in [0.4, 0.5) is 13.2 Å². The molecule has 4 nitrogen and oxygen atoms in total. The number of rotatable bonds is 3. The molecule has 0 spiro atoms. The van der Waals surface area contributed by atoms with Crippen molar-refractivity contribution in [1.82, 2.24) is 4.90 Å². The van der Waals surface area contributed by atoms with Gasteiger partial charge in [-0.05, 0) is 36.8 Å². The minimum atomic E-state index is -4.47. The van der Waals surface area contributed by atoms with E-state index in [1.54, 1.807) is 24.3 Å². The lowest BCUT2D eigenvalue weighted by Crippen LogP contribution is -2.49. The standard InChI is InChI=1S/C19H16F3NO3S/c1-11-2-4-12(5-3-11)16(24)23-15(18(25)26)10-27-17(23)13-6-8-14(9-7-13)19(20,21)22/h2-9,15,17H,10H2,1H3,(H,25,26)/p-1/t15-,17+/m1/s1. The van der Waals surface area contributed by atoms with Crippen LogP contribution >= 0.6 is 11.8 Å². The molecule has 1 amide bonds. The van der Waals surface area contributed by atoms with Gasteiger partial charge in [-0.25, -0.2) is 0 Å². The van der Waals surface area contributed by atoms with Crippen molar-refractivity contribution in [3.8, 4) is 0 Å². The van der Waals surface area contributed by atoms with Gasteiger partial charge in [0.25, 0.3) is 5.91 Å². The van der Waals surface area contributed by atoms with Gasteiger partial charge in [0.2, 0.25) is 0 Å². The molecule has 2 atom stereocenters. The van der Waals surface area contributed by atoms with Crippen molar-refractivity contribution < 1.29 is 27.9 Å². The summed E-state index contributed by atoms with van der Waals surface area (Å²) in [6, 6.07) is 9.90. The van der Waals surface area contributed by atoms with E-state index in [1.165, 1.54) is 28.8 Å². The van der Waals surface area contributed by atoms with Gasteiger partial charge >= 0.3 is 6.18 Å². The van der Waals surface area contributed by atoms with Gasteiger partial charge in [0.05, 0.1) is 17.6 Å². The summed E-state index contributed by atoms with van der Waals surface area (Å²) in [6.07, 6.45) is -4.47. The first kappa shape index (κ1) is 19.3. The van der Waals surface area contributed by atoms with Gasteiger partial charge in [-0.2, -0.15) is 13.2 Å². The number of aryl methyl sites for hydroxylation is 1. The first-order valence-electron chi connectivity index (χ1n) is 8.07. The van der Waals surface area contributed by atoms with Crippen LogP contribution in [-0.2, 0) is 11.0 Å². The second-order valence-electron chi connectivity index (χ2n) is 6.22. The summed E-state index contributed by atoms with van der Waals surface area (Å²) in [5.41, 5.74) is 0.878. The summed E-state index contributed by atoms with van der Waals surface area (Å²) < 4.78 is 38.3. The summed E-state index contributed by atoms with van der Waals surface area (Å²) in [5.74, 6) is -1.79. The number of hydrogen-bond donors (Lipinski definition) is 0. The Morgan fingerprint density at radius 1 is 1.07 bits per heavy atom. The Labute approximate surface area is 158 Å². The number of halogens is 3. The Morgan fingerprint density at radius 3 is 2.19 bits per heavy atom. The lowest BCUT2D eigenvalue weighted by molar-refractivity contribution is -0.310. The number of carbonyl (C=O) groups excluding carboxylic acids is 2. The number of alkyl halides is 3. The topological polar surface area (TPSA) is 60.4 Å². The Kier molecular flexibility index (Phi) is 5.19. The van der Waals surface area contributed by atoms with E-state index < -0.39 is 35.0 Å². The predicted octanol–water partition coefficient (Wildman–Crippen LogP) is 3.02. The number of nitrogens with zero attached hydrogens (tertiary/aromatic N) is 1. The zero-order valence-electron chi connectivity index (χ0n) is 14.2. The molecule has 0 radical (unpaired) electrons. The lowest BCUT2D eigenvalue weighted by Gasteiger charge is -2.30. The highest BCUT2D eigenvalue weighted by Gasteiger charge is 2.40. The largest absolute Gasteiger partial charge is 0.548 e. The number of amides is 1. The Bertz CT molecular complexity index is 850. The SMILES string of the molecule is Cc1ccc(C(=O)N2[C@@H](C(=O)[O-])CS[C@H]2c2ccc(C(F)(F)F)cc2)cc1. The molecule has 1 fully saturated rings. The van der Waals surface area contributed by atoms with E-state index in [-0.39, 0.29) is 5.75 Å². The molecule has 8 heteroatoms. The normalized spacial score (nSPS) is 19.9. The van der Waals surface area contributed by atoms with Gasteiger partial charge < -0.3 is 14.8 Å². The van der Waals surface area contributed by atoms with Crippen LogP contribution in [0.15, 0.2) is 48.5 Å². The highest BCUT2D eigenvalue weighted by Crippen LogP contribution is 2.42. The maximum absolute atomic E-state index is 12.9. The fraction of sp³-hybridized carbons (Fsp3) is 0.263. The molecule has 0 N–H and O–H groups in total. The number of thioether (sulfide) groups is 1. The number of carboxylic acids is 1. The molecule has 0 aliphatic carbocycles. The smallest absolute Gasteiger partial charge is 0.416 e. The molecule has 3 rings (SSSR count). The van der Waals surface area contributed by atoms with Crippen LogP contribution in [0.5, 0.6) is 0 Å². The maximum atomic E-state index is 12.9. The van der Waals surface area contributed by atoms with E-state index in [2.05, 4.69) is 0 Å². The first-order chi connectivity index (χ1) is 12.7. The monoisotopic (exact) mass is 394 g/mol. The molecule has 2 aromatic rings. The van der Waals surface area contributed by atoms with E-state index in [9.17, 15) is 27.9 Å². The van der Waals surface area contributed by atoms with Crippen molar-refractivity contribution in [2.75, 3.05) is 5.75 Å². The fourth-order valence-electron chi connectivity index (χ4n) is 2.87. The van der Waals surface area contributed by atoms with Crippen LogP contribution < -0.4 is 5.11 Å². The van der Waals surface area contributed by atoms with E-state index in [0.717, 1.165) is 17.7 Å². The summed E-state index contributed by atoms with van der Waals surface area (Å²) >= 11 is 1.18. The number of hydrogen-bond acceptors (Lipinski definition) is 4. The highest BCUT2D eigenvalue weighted by molar-refractivity contribution is 7.99. The average Bonchev–Trinajstić information content (AvgIpc) is 3.06. The van der Waals surface area contributed by atoms with Crippen LogP contribution in [0, 0.1) is 6.92 Å². The van der Waals surface area contributed by atoms with Gasteiger partial charge in [-0.3, -0.25) is 4.79 Å². The van der Waals surface area contributed by atoms with Crippen molar-refractivity contribution in [2.45, 2.75) is 24.5 Å². The molecule has 1 saturated heterocycles. The summed E-state index contributed by atoms with van der Waals surface area (Å²) in [5, 5.41) is 10.8. The van der Waals surface area contributed by atoms with Crippen LogP contribution in [0.3, 0.4) is 0 Å². The van der Waals surface area contributed by atoms with Gasteiger partial charge in [-0.1, -0.05) is 29.8 Å². The van der Waals surface area contributed by atoms with E-state index in [0.29, 0.717) is 11.1 Å². The minimum absolute atomic E-state index is 0.103. The Morgan fingerprint density at radius 2 is 1.67 bits per heavy atom. The Balaban J connectivity index is 1.95. The molecule has 1 aliphatic rings. The van der Waals surface area contributed by atoms with Crippen molar-refractivity contribution >= 4 is 23.6 Å². The predicted molar refractivity (Wildman–Crippen MR) is 92.8 cm³/mol. The molecule has 1 aliphatic heterocycles. The molecule has 1 heterocycles. The van der Waals surface area contributed by atoms with Gasteiger partial charge in [0.15, 0.2) is 0 Å². The van der Waals surface area contributed by atoms with Crippen molar-refractivity contribution in [3.05, 3.63) is 70.8 Å². The van der Waals surface area contributed by atoms with E-state index >= 15 is 0 Å². The van der Waals surface area contributed by atoms with Gasteiger partial charge in [-0.15, -0.1) is 11.8 Å². The number of aliphatic carboxylic acids is 1. The number of carboxylic acid groups (broad SMARTS) is 1. The van der Waals surface area contributed by atoms with E-state index in [1.807, 2.05) is 6.92 Å². The summed E-state index contributed by atoms with van der Waals surface area (Å²) in [6.45, 7) is 1.86.